The van der Waals surface area contributed by atoms with Gasteiger partial charge in [0.1, 0.15) is 0 Å². The van der Waals surface area contributed by atoms with E-state index in [0.29, 0.717) is 25.5 Å². The summed E-state index contributed by atoms with van der Waals surface area (Å²) in [6, 6.07) is 12.9. The average molecular weight is 468 g/mol. The number of carbonyl (C=O) groups excluding carboxylic acids is 1. The summed E-state index contributed by atoms with van der Waals surface area (Å²) in [5.41, 5.74) is -0.722. The summed E-state index contributed by atoms with van der Waals surface area (Å²) in [4.78, 5) is 14.2. The molecule has 0 unspecified atom stereocenters. The Hall–Kier alpha value is -2.43. The van der Waals surface area contributed by atoms with Crippen molar-refractivity contribution in [2.45, 2.75) is 49.1 Å². The number of nitrogens with zero attached hydrogens (tertiary/aromatic N) is 2. The molecule has 2 aromatic carbocycles. The molecule has 0 aliphatic carbocycles. The summed E-state index contributed by atoms with van der Waals surface area (Å²) in [6.07, 6.45) is -3.94. The minimum Gasteiger partial charge on any atom is -0.319 e. The number of hydrogen-bond acceptors (Lipinski definition) is 4. The van der Waals surface area contributed by atoms with Gasteiger partial charge in [-0.15, -0.1) is 0 Å². The Labute approximate surface area is 185 Å². The van der Waals surface area contributed by atoms with Crippen molar-refractivity contribution in [1.82, 2.24) is 14.5 Å². The second kappa shape index (κ2) is 8.17. The van der Waals surface area contributed by atoms with Crippen molar-refractivity contribution in [3.05, 3.63) is 65.7 Å². The van der Waals surface area contributed by atoms with Gasteiger partial charge in [-0.1, -0.05) is 36.4 Å². The lowest BCUT2D eigenvalue weighted by Crippen LogP contribution is -2.59. The van der Waals surface area contributed by atoms with E-state index >= 15 is 0 Å². The van der Waals surface area contributed by atoms with Crippen LogP contribution in [0.25, 0.3) is 0 Å². The van der Waals surface area contributed by atoms with Gasteiger partial charge in [-0.25, -0.2) is 8.42 Å². The number of amides is 1. The van der Waals surface area contributed by atoms with E-state index in [2.05, 4.69) is 5.32 Å². The van der Waals surface area contributed by atoms with Crippen LogP contribution in [0.2, 0.25) is 0 Å². The highest BCUT2D eigenvalue weighted by Gasteiger charge is 2.51. The van der Waals surface area contributed by atoms with Gasteiger partial charge in [0.05, 0.1) is 22.2 Å². The maximum absolute atomic E-state index is 13.0. The Bertz CT molecular complexity index is 1100. The number of hydrogen-bond donors (Lipinski definition) is 1. The SMILES string of the molecule is C[C@H]1NC2(CCN(S(=O)(=O)c3cccc(C(F)(F)F)c3)CC2)N(Cc2ccccc2)C1=O. The zero-order chi connectivity index (χ0) is 23.1. The van der Waals surface area contributed by atoms with Gasteiger partial charge in [0.15, 0.2) is 0 Å². The molecular weight excluding hydrogens is 443 g/mol. The van der Waals surface area contributed by atoms with Gasteiger partial charge in [0.25, 0.3) is 0 Å². The van der Waals surface area contributed by atoms with E-state index in [1.54, 1.807) is 11.8 Å². The average Bonchev–Trinajstić information content (AvgIpc) is 2.98. The summed E-state index contributed by atoms with van der Waals surface area (Å²) in [5, 5.41) is 3.34. The maximum atomic E-state index is 13.0. The summed E-state index contributed by atoms with van der Waals surface area (Å²) >= 11 is 0. The van der Waals surface area contributed by atoms with Crippen molar-refractivity contribution in [2.24, 2.45) is 0 Å². The number of halogens is 3. The van der Waals surface area contributed by atoms with Crippen LogP contribution in [0.4, 0.5) is 13.2 Å². The fourth-order valence-electron chi connectivity index (χ4n) is 4.48. The molecule has 0 aromatic heterocycles. The molecule has 172 valence electrons. The fraction of sp³-hybridized carbons (Fsp3) is 0.409. The van der Waals surface area contributed by atoms with E-state index in [9.17, 15) is 26.4 Å². The van der Waals surface area contributed by atoms with Crippen molar-refractivity contribution >= 4 is 15.9 Å². The summed E-state index contributed by atoms with van der Waals surface area (Å²) in [5.74, 6) is -0.0527. The Morgan fingerprint density at radius 2 is 1.72 bits per heavy atom. The lowest BCUT2D eigenvalue weighted by Gasteiger charge is -2.44. The molecule has 32 heavy (non-hydrogen) atoms. The Morgan fingerprint density at radius 3 is 2.34 bits per heavy atom. The van der Waals surface area contributed by atoms with Crippen LogP contribution in [0.3, 0.4) is 0 Å². The molecule has 1 spiro atoms. The normalized spacial score (nSPS) is 21.9. The van der Waals surface area contributed by atoms with E-state index in [4.69, 9.17) is 0 Å². The number of alkyl halides is 3. The Kier molecular flexibility index (Phi) is 5.81. The summed E-state index contributed by atoms with van der Waals surface area (Å²) < 4.78 is 66.4. The number of piperidine rings is 1. The van der Waals surface area contributed by atoms with Crippen LogP contribution in [-0.4, -0.2) is 48.3 Å². The molecule has 2 aromatic rings. The monoisotopic (exact) mass is 467 g/mol. The van der Waals surface area contributed by atoms with Crippen molar-refractivity contribution in [2.75, 3.05) is 13.1 Å². The lowest BCUT2D eigenvalue weighted by atomic mass is 9.96. The molecule has 2 saturated heterocycles. The minimum atomic E-state index is -4.63. The summed E-state index contributed by atoms with van der Waals surface area (Å²) in [7, 11) is -4.09. The molecule has 10 heteroatoms. The van der Waals surface area contributed by atoms with Crippen LogP contribution in [-0.2, 0) is 27.5 Å². The van der Waals surface area contributed by atoms with Crippen molar-refractivity contribution in [3.8, 4) is 0 Å². The highest BCUT2D eigenvalue weighted by molar-refractivity contribution is 7.89. The molecular formula is C22H24F3N3O3S. The van der Waals surface area contributed by atoms with Crippen LogP contribution in [0.1, 0.15) is 30.9 Å². The van der Waals surface area contributed by atoms with Crippen molar-refractivity contribution in [1.29, 1.82) is 0 Å². The highest BCUT2D eigenvalue weighted by atomic mass is 32.2. The largest absolute Gasteiger partial charge is 0.416 e. The Balaban J connectivity index is 1.54. The molecule has 1 amide bonds. The van der Waals surface area contributed by atoms with E-state index < -0.39 is 33.5 Å². The third-order valence-corrected chi connectivity index (χ3v) is 8.07. The first kappa shape index (κ1) is 22.8. The van der Waals surface area contributed by atoms with Gasteiger partial charge in [0, 0.05) is 19.6 Å². The van der Waals surface area contributed by atoms with E-state index in [1.165, 1.54) is 10.4 Å². The number of carbonyl (C=O) groups is 1. The topological polar surface area (TPSA) is 69.7 Å². The fourth-order valence-corrected chi connectivity index (χ4v) is 5.96. The van der Waals surface area contributed by atoms with Gasteiger partial charge in [-0.2, -0.15) is 17.5 Å². The van der Waals surface area contributed by atoms with Gasteiger partial charge in [-0.3, -0.25) is 10.1 Å². The molecule has 1 atom stereocenters. The summed E-state index contributed by atoms with van der Waals surface area (Å²) in [6.45, 7) is 2.37. The molecule has 2 heterocycles. The lowest BCUT2D eigenvalue weighted by molar-refractivity contribution is -0.137. The molecule has 0 bridgehead atoms. The van der Waals surface area contributed by atoms with Gasteiger partial charge >= 0.3 is 6.18 Å². The molecule has 2 aliphatic rings. The first-order chi connectivity index (χ1) is 15.0. The predicted octanol–water partition coefficient (Wildman–Crippen LogP) is 3.21. The van der Waals surface area contributed by atoms with Crippen LogP contribution < -0.4 is 5.32 Å². The van der Waals surface area contributed by atoms with Gasteiger partial charge in [0.2, 0.25) is 15.9 Å². The first-order valence-corrected chi connectivity index (χ1v) is 11.8. The molecule has 2 aliphatic heterocycles. The highest BCUT2D eigenvalue weighted by Crippen LogP contribution is 2.36. The van der Waals surface area contributed by atoms with Gasteiger partial charge < -0.3 is 4.90 Å². The molecule has 0 radical (unpaired) electrons. The van der Waals surface area contributed by atoms with Crippen LogP contribution >= 0.6 is 0 Å². The Morgan fingerprint density at radius 1 is 1.06 bits per heavy atom. The zero-order valence-corrected chi connectivity index (χ0v) is 18.3. The standard InChI is InChI=1S/C22H24F3N3O3S/c1-16-20(29)28(15-17-6-3-2-4-7-17)21(26-16)10-12-27(13-11-21)32(30,31)19-9-5-8-18(14-19)22(23,24)25/h2-9,14,16,26H,10-13,15H2,1H3/t16-/m1/s1. The molecule has 4 rings (SSSR count). The molecule has 2 fully saturated rings. The van der Waals surface area contributed by atoms with Crippen molar-refractivity contribution < 1.29 is 26.4 Å². The first-order valence-electron chi connectivity index (χ1n) is 10.3. The zero-order valence-electron chi connectivity index (χ0n) is 17.5. The molecule has 1 N–H and O–H groups in total. The smallest absolute Gasteiger partial charge is 0.319 e. The van der Waals surface area contributed by atoms with Gasteiger partial charge in [-0.05, 0) is 43.5 Å². The van der Waals surface area contributed by atoms with Crippen molar-refractivity contribution in [3.63, 3.8) is 0 Å². The number of benzene rings is 2. The van der Waals surface area contributed by atoms with Crippen LogP contribution in [0.5, 0.6) is 0 Å². The van der Waals surface area contributed by atoms with E-state index in [0.717, 1.165) is 17.7 Å². The van der Waals surface area contributed by atoms with E-state index in [1.807, 2.05) is 30.3 Å². The second-order valence-corrected chi connectivity index (χ2v) is 10.2. The third kappa shape index (κ3) is 4.14. The molecule has 0 saturated carbocycles. The van der Waals surface area contributed by atoms with Crippen LogP contribution in [0, 0.1) is 0 Å². The minimum absolute atomic E-state index is 0.0527. The molecule has 6 nitrogen and oxygen atoms in total. The predicted molar refractivity (Wildman–Crippen MR) is 112 cm³/mol. The van der Waals surface area contributed by atoms with E-state index in [-0.39, 0.29) is 23.9 Å². The number of sulfonamides is 1. The maximum Gasteiger partial charge on any atom is 0.416 e. The number of rotatable bonds is 4. The third-order valence-electron chi connectivity index (χ3n) is 6.17. The number of nitrogens with one attached hydrogen (secondary N) is 1. The second-order valence-electron chi connectivity index (χ2n) is 8.24. The van der Waals surface area contributed by atoms with Crippen LogP contribution in [0.15, 0.2) is 59.5 Å². The quantitative estimate of drug-likeness (QED) is 0.750.